The molecule has 0 spiro atoms. The molecule has 1 heterocycles. The Balaban J connectivity index is 1.83. The largest absolute Gasteiger partial charge is 0.392 e. The van der Waals surface area contributed by atoms with Gasteiger partial charge in [-0.05, 0) is 60.2 Å². The number of rotatable bonds is 4. The fourth-order valence-corrected chi connectivity index (χ4v) is 3.71. The van der Waals surface area contributed by atoms with E-state index >= 15 is 0 Å². The third-order valence-electron chi connectivity index (χ3n) is 2.95. The quantitative estimate of drug-likeness (QED) is 0.822. The van der Waals surface area contributed by atoms with Gasteiger partial charge in [0.15, 0.2) is 0 Å². The molecule has 2 rings (SSSR count). The van der Waals surface area contributed by atoms with Gasteiger partial charge in [-0.3, -0.25) is 0 Å². The molecule has 1 aromatic rings. The van der Waals surface area contributed by atoms with Crippen molar-refractivity contribution in [2.75, 3.05) is 0 Å². The standard InChI is InChI=1S/C13H17BrOS/c14-13-7-6-12(16-13)9-11(15)8-10-4-2-1-3-5-10/h4,6-7,11,15H,1-3,5,8-9H2. The summed E-state index contributed by atoms with van der Waals surface area (Å²) in [5, 5.41) is 10.0. The molecule has 16 heavy (non-hydrogen) atoms. The predicted molar refractivity (Wildman–Crippen MR) is 72.9 cm³/mol. The molecule has 0 aliphatic heterocycles. The second kappa shape index (κ2) is 5.99. The number of aliphatic hydroxyl groups excluding tert-OH is 1. The fraction of sp³-hybridized carbons (Fsp3) is 0.538. The van der Waals surface area contributed by atoms with Crippen LogP contribution in [-0.4, -0.2) is 11.2 Å². The van der Waals surface area contributed by atoms with Crippen molar-refractivity contribution in [1.82, 2.24) is 0 Å². The van der Waals surface area contributed by atoms with Crippen molar-refractivity contribution in [1.29, 1.82) is 0 Å². The second-order valence-corrected chi connectivity index (χ2v) is 6.92. The lowest BCUT2D eigenvalue weighted by Gasteiger charge is -2.16. The number of hydrogen-bond acceptors (Lipinski definition) is 2. The minimum atomic E-state index is -0.213. The molecule has 0 aromatic carbocycles. The summed E-state index contributed by atoms with van der Waals surface area (Å²) >= 11 is 5.16. The van der Waals surface area contributed by atoms with Crippen molar-refractivity contribution in [2.45, 2.75) is 44.6 Å². The summed E-state index contributed by atoms with van der Waals surface area (Å²) in [5.74, 6) is 0. The Morgan fingerprint density at radius 1 is 1.31 bits per heavy atom. The minimum Gasteiger partial charge on any atom is -0.392 e. The fourth-order valence-electron chi connectivity index (χ4n) is 2.16. The van der Waals surface area contributed by atoms with E-state index in [2.05, 4.69) is 28.1 Å². The normalized spacial score (nSPS) is 18.2. The Bertz CT molecular complexity index is 370. The molecule has 88 valence electrons. The monoisotopic (exact) mass is 300 g/mol. The smallest absolute Gasteiger partial charge is 0.0701 e. The van der Waals surface area contributed by atoms with Crippen molar-refractivity contribution in [3.63, 3.8) is 0 Å². The van der Waals surface area contributed by atoms with Crippen molar-refractivity contribution in [3.05, 3.63) is 32.4 Å². The Morgan fingerprint density at radius 2 is 2.19 bits per heavy atom. The Morgan fingerprint density at radius 3 is 2.81 bits per heavy atom. The van der Waals surface area contributed by atoms with Gasteiger partial charge in [-0.1, -0.05) is 11.6 Å². The van der Waals surface area contributed by atoms with Crippen LogP contribution >= 0.6 is 27.3 Å². The van der Waals surface area contributed by atoms with Gasteiger partial charge in [0.1, 0.15) is 0 Å². The molecular formula is C13H17BrOS. The molecule has 0 amide bonds. The maximum absolute atomic E-state index is 10.0. The summed E-state index contributed by atoms with van der Waals surface area (Å²) in [6.07, 6.45) is 8.74. The first kappa shape index (κ1) is 12.3. The van der Waals surface area contributed by atoms with E-state index in [9.17, 15) is 5.11 Å². The molecule has 0 bridgehead atoms. The Labute approximate surface area is 109 Å². The molecular weight excluding hydrogens is 284 g/mol. The minimum absolute atomic E-state index is 0.213. The van der Waals surface area contributed by atoms with Crippen LogP contribution in [0.2, 0.25) is 0 Å². The molecule has 1 atom stereocenters. The number of aliphatic hydroxyl groups is 1. The van der Waals surface area contributed by atoms with Crippen LogP contribution in [0.5, 0.6) is 0 Å². The third kappa shape index (κ3) is 3.72. The average molecular weight is 301 g/mol. The zero-order valence-corrected chi connectivity index (χ0v) is 11.7. The Hall–Kier alpha value is -0.120. The molecule has 1 aliphatic rings. The van der Waals surface area contributed by atoms with E-state index in [0.29, 0.717) is 0 Å². The van der Waals surface area contributed by atoms with E-state index in [0.717, 1.165) is 16.6 Å². The van der Waals surface area contributed by atoms with Crippen LogP contribution < -0.4 is 0 Å². The van der Waals surface area contributed by atoms with Crippen LogP contribution in [0.25, 0.3) is 0 Å². The molecule has 0 saturated heterocycles. The lowest BCUT2D eigenvalue weighted by atomic mass is 9.94. The molecule has 0 saturated carbocycles. The van der Waals surface area contributed by atoms with E-state index < -0.39 is 0 Å². The van der Waals surface area contributed by atoms with Crippen LogP contribution in [0.4, 0.5) is 0 Å². The van der Waals surface area contributed by atoms with E-state index in [-0.39, 0.29) is 6.10 Å². The highest BCUT2D eigenvalue weighted by Gasteiger charge is 2.11. The van der Waals surface area contributed by atoms with Crippen molar-refractivity contribution < 1.29 is 5.11 Å². The van der Waals surface area contributed by atoms with E-state index in [1.54, 1.807) is 11.3 Å². The van der Waals surface area contributed by atoms with E-state index in [4.69, 9.17) is 0 Å². The van der Waals surface area contributed by atoms with Crippen LogP contribution in [-0.2, 0) is 6.42 Å². The zero-order chi connectivity index (χ0) is 11.4. The highest BCUT2D eigenvalue weighted by Crippen LogP contribution is 2.26. The van der Waals surface area contributed by atoms with Crippen LogP contribution in [0.15, 0.2) is 27.6 Å². The van der Waals surface area contributed by atoms with Gasteiger partial charge in [0.05, 0.1) is 9.89 Å². The summed E-state index contributed by atoms with van der Waals surface area (Å²) in [4.78, 5) is 1.26. The second-order valence-electron chi connectivity index (χ2n) is 4.38. The maximum atomic E-state index is 10.0. The van der Waals surface area contributed by atoms with Gasteiger partial charge in [0.2, 0.25) is 0 Å². The summed E-state index contributed by atoms with van der Waals surface area (Å²) in [6.45, 7) is 0. The van der Waals surface area contributed by atoms with Gasteiger partial charge in [0, 0.05) is 11.3 Å². The van der Waals surface area contributed by atoms with Crippen LogP contribution in [0.3, 0.4) is 0 Å². The van der Waals surface area contributed by atoms with Gasteiger partial charge in [-0.15, -0.1) is 11.3 Å². The highest BCUT2D eigenvalue weighted by atomic mass is 79.9. The number of allylic oxidation sites excluding steroid dienone is 1. The molecule has 1 unspecified atom stereocenters. The first-order valence-electron chi connectivity index (χ1n) is 5.84. The number of hydrogen-bond donors (Lipinski definition) is 1. The number of thiophene rings is 1. The Kier molecular flexibility index (Phi) is 4.62. The molecule has 1 aliphatic carbocycles. The van der Waals surface area contributed by atoms with Crippen LogP contribution in [0, 0.1) is 0 Å². The first-order valence-corrected chi connectivity index (χ1v) is 7.45. The third-order valence-corrected chi connectivity index (χ3v) is 4.59. The predicted octanol–water partition coefficient (Wildman–Crippen LogP) is 4.30. The molecule has 1 N–H and O–H groups in total. The van der Waals surface area contributed by atoms with E-state index in [1.807, 2.05) is 6.07 Å². The van der Waals surface area contributed by atoms with E-state index in [1.165, 1.54) is 36.1 Å². The molecule has 0 fully saturated rings. The lowest BCUT2D eigenvalue weighted by molar-refractivity contribution is 0.174. The van der Waals surface area contributed by atoms with Gasteiger partial charge in [-0.25, -0.2) is 0 Å². The summed E-state index contributed by atoms with van der Waals surface area (Å²) in [5.41, 5.74) is 1.45. The van der Waals surface area contributed by atoms with Gasteiger partial charge in [-0.2, -0.15) is 0 Å². The maximum Gasteiger partial charge on any atom is 0.0701 e. The highest BCUT2D eigenvalue weighted by molar-refractivity contribution is 9.11. The average Bonchev–Trinajstić information content (AvgIpc) is 2.65. The van der Waals surface area contributed by atoms with Crippen LogP contribution in [0.1, 0.15) is 37.0 Å². The number of halogens is 1. The summed E-state index contributed by atoms with van der Waals surface area (Å²) in [7, 11) is 0. The van der Waals surface area contributed by atoms with Gasteiger partial charge < -0.3 is 5.11 Å². The van der Waals surface area contributed by atoms with Crippen molar-refractivity contribution in [3.8, 4) is 0 Å². The SMILES string of the molecule is OC(CC1=CCCCC1)Cc1ccc(Br)s1. The molecule has 3 heteroatoms. The molecule has 1 aromatic heterocycles. The summed E-state index contributed by atoms with van der Waals surface area (Å²) < 4.78 is 1.14. The van der Waals surface area contributed by atoms with Crippen molar-refractivity contribution in [2.24, 2.45) is 0 Å². The summed E-state index contributed by atoms with van der Waals surface area (Å²) in [6, 6.07) is 4.14. The zero-order valence-electron chi connectivity index (χ0n) is 9.29. The molecule has 1 nitrogen and oxygen atoms in total. The molecule has 0 radical (unpaired) electrons. The topological polar surface area (TPSA) is 20.2 Å². The van der Waals surface area contributed by atoms with Gasteiger partial charge in [0.25, 0.3) is 0 Å². The first-order chi connectivity index (χ1) is 7.74. The lowest BCUT2D eigenvalue weighted by Crippen LogP contribution is -2.11. The van der Waals surface area contributed by atoms with Gasteiger partial charge >= 0.3 is 0 Å². The van der Waals surface area contributed by atoms with Crippen molar-refractivity contribution >= 4 is 27.3 Å².